The summed E-state index contributed by atoms with van der Waals surface area (Å²) in [4.78, 5) is 5.32. The summed E-state index contributed by atoms with van der Waals surface area (Å²) in [5.74, 6) is 0. The van der Waals surface area contributed by atoms with Crippen LogP contribution < -0.4 is 26.2 Å². The fourth-order valence-corrected chi connectivity index (χ4v) is 14.4. The molecule has 10 aromatic carbocycles. The number of fused-ring (bicyclic) bond motifs is 13. The first-order valence-electron chi connectivity index (χ1n) is 30.6. The van der Waals surface area contributed by atoms with Gasteiger partial charge in [0.05, 0.1) is 39.1 Å². The van der Waals surface area contributed by atoms with Gasteiger partial charge >= 0.3 is 0 Å². The van der Waals surface area contributed by atoms with Crippen LogP contribution in [0.15, 0.2) is 176 Å². The highest BCUT2D eigenvalue weighted by Crippen LogP contribution is 2.55. The normalized spacial score (nSPS) is 14.1. The summed E-state index contributed by atoms with van der Waals surface area (Å²) in [6.07, 6.45) is 0. The van der Waals surface area contributed by atoms with Crippen LogP contribution >= 0.6 is 0 Å². The fraction of sp³-hybridized carbons (Fsp3) is 0.266. The van der Waals surface area contributed by atoms with Crippen LogP contribution in [0.1, 0.15) is 137 Å². The van der Waals surface area contributed by atoms with Crippen molar-refractivity contribution in [2.45, 2.75) is 138 Å². The molecule has 0 unspecified atom stereocenters. The van der Waals surface area contributed by atoms with Gasteiger partial charge in [0.25, 0.3) is 6.71 Å². The predicted octanol–water partition coefficient (Wildman–Crippen LogP) is 19.9. The van der Waals surface area contributed by atoms with Gasteiger partial charge in [0.15, 0.2) is 0 Å². The van der Waals surface area contributed by atoms with E-state index in [1.807, 2.05) is 0 Å². The predicted molar refractivity (Wildman–Crippen MR) is 364 cm³/mol. The molecular formula is C79H77BN4. The van der Waals surface area contributed by atoms with Gasteiger partial charge < -0.3 is 18.9 Å². The van der Waals surface area contributed by atoms with E-state index in [2.05, 4.69) is 306 Å². The second-order valence-corrected chi connectivity index (χ2v) is 30.1. The third kappa shape index (κ3) is 7.72. The topological polar surface area (TPSA) is 16.3 Å². The van der Waals surface area contributed by atoms with Gasteiger partial charge in [-0.3, -0.25) is 0 Å². The zero-order chi connectivity index (χ0) is 58.6. The van der Waals surface area contributed by atoms with Crippen LogP contribution in [0.4, 0.5) is 34.1 Å². The minimum Gasteiger partial charge on any atom is -0.311 e. The Morgan fingerprint density at radius 2 is 0.833 bits per heavy atom. The van der Waals surface area contributed by atoms with E-state index in [0.717, 1.165) is 11.4 Å². The molecule has 0 saturated heterocycles. The van der Waals surface area contributed by atoms with Crippen LogP contribution in [0.5, 0.6) is 0 Å². The molecule has 0 N–H and O–H groups in total. The lowest BCUT2D eigenvalue weighted by molar-refractivity contribution is 0.590. The average molecular weight is 1090 g/mol. The van der Waals surface area contributed by atoms with Crippen LogP contribution in [0.2, 0.25) is 0 Å². The molecule has 3 aliphatic rings. The van der Waals surface area contributed by atoms with Crippen LogP contribution in [-0.4, -0.2) is 15.8 Å². The average Bonchev–Trinajstić information content (AvgIpc) is 1.16. The first-order valence-corrected chi connectivity index (χ1v) is 30.6. The molecule has 3 aliphatic heterocycles. The Morgan fingerprint density at radius 1 is 0.333 bits per heavy atom. The summed E-state index contributed by atoms with van der Waals surface area (Å²) in [7, 11) is 0. The zero-order valence-electron chi connectivity index (χ0n) is 52.1. The Labute approximate surface area is 497 Å². The minimum absolute atomic E-state index is 0.00361. The third-order valence-corrected chi connectivity index (χ3v) is 19.2. The maximum Gasteiger partial charge on any atom is 0.252 e. The second kappa shape index (κ2) is 17.4. The third-order valence-electron chi connectivity index (χ3n) is 19.2. The van der Waals surface area contributed by atoms with Crippen molar-refractivity contribution < 1.29 is 0 Å². The molecule has 0 atom stereocenters. The lowest BCUT2D eigenvalue weighted by atomic mass is 9.33. The van der Waals surface area contributed by atoms with Gasteiger partial charge in [-0.15, -0.1) is 0 Å². The van der Waals surface area contributed by atoms with E-state index >= 15 is 0 Å². The van der Waals surface area contributed by atoms with Gasteiger partial charge in [0.1, 0.15) is 0 Å². The van der Waals surface area contributed by atoms with Crippen LogP contribution in [0.25, 0.3) is 76.9 Å². The number of nitrogens with zero attached hydrogens (tertiary/aromatic N) is 4. The minimum atomic E-state index is -0.139. The molecular weight excluding hydrogens is 1020 g/mol. The maximum atomic E-state index is 2.71. The molecule has 0 fully saturated rings. The molecule has 0 saturated carbocycles. The molecule has 84 heavy (non-hydrogen) atoms. The van der Waals surface area contributed by atoms with Crippen LogP contribution in [0, 0.1) is 6.92 Å². The number of hydrogen-bond donors (Lipinski definition) is 0. The van der Waals surface area contributed by atoms with Gasteiger partial charge in [0, 0.05) is 50.0 Å². The van der Waals surface area contributed by atoms with E-state index in [4.69, 9.17) is 0 Å². The summed E-state index contributed by atoms with van der Waals surface area (Å²) >= 11 is 0. The van der Waals surface area contributed by atoms with E-state index < -0.39 is 0 Å². The van der Waals surface area contributed by atoms with E-state index in [-0.39, 0.29) is 33.8 Å². The van der Waals surface area contributed by atoms with Gasteiger partial charge in [-0.05, 0) is 197 Å². The van der Waals surface area contributed by atoms with Gasteiger partial charge in [0.2, 0.25) is 0 Å². The fourth-order valence-electron chi connectivity index (χ4n) is 14.4. The Morgan fingerprint density at radius 3 is 1.43 bits per heavy atom. The molecule has 0 amide bonds. The monoisotopic (exact) mass is 1090 g/mol. The first kappa shape index (κ1) is 52.5. The van der Waals surface area contributed by atoms with E-state index in [0.29, 0.717) is 0 Å². The summed E-state index contributed by atoms with van der Waals surface area (Å²) in [5.41, 5.74) is 28.9. The second-order valence-electron chi connectivity index (χ2n) is 30.1. The van der Waals surface area contributed by atoms with Crippen molar-refractivity contribution in [2.24, 2.45) is 0 Å². The number of aryl methyl sites for hydroxylation is 1. The number of rotatable bonds is 3. The van der Waals surface area contributed by atoms with Crippen molar-refractivity contribution in [1.82, 2.24) is 9.13 Å². The lowest BCUT2D eigenvalue weighted by Gasteiger charge is -2.47. The molecule has 5 heterocycles. The summed E-state index contributed by atoms with van der Waals surface area (Å²) in [6, 6.07) is 69.3. The van der Waals surface area contributed by atoms with E-state index in [1.54, 1.807) is 0 Å². The van der Waals surface area contributed by atoms with Crippen molar-refractivity contribution in [3.63, 3.8) is 0 Å². The van der Waals surface area contributed by atoms with Crippen molar-refractivity contribution >= 4 is 112 Å². The Bertz CT molecular complexity index is 4740. The maximum absolute atomic E-state index is 2.71. The SMILES string of the molecule is Cc1cc2c3c(c1)N1c4c(cc(C(C)(C)C)cc4-n4c5ccc(C(C)(C)C)cc5c5cc(C(C)(C)C)cc1c54)B3c1ccc(-n3c4ccc(C(C)(C)C)cc4c4cc(C(C)(C)C)ccc43)cc1N2c1ccc(-c2cccc3ccccc23)cc1. The Kier molecular flexibility index (Phi) is 10.9. The number of benzene rings is 10. The highest BCUT2D eigenvalue weighted by atomic mass is 15.2. The zero-order valence-corrected chi connectivity index (χ0v) is 52.1. The molecule has 416 valence electrons. The molecule has 0 bridgehead atoms. The lowest BCUT2D eigenvalue weighted by Crippen LogP contribution is -2.62. The molecule has 5 heteroatoms. The molecule has 4 nitrogen and oxygen atoms in total. The number of hydrogen-bond acceptors (Lipinski definition) is 2. The Hall–Kier alpha value is -8.28. The Balaban J connectivity index is 1.05. The molecule has 0 radical (unpaired) electrons. The highest BCUT2D eigenvalue weighted by molar-refractivity contribution is 7.00. The van der Waals surface area contributed by atoms with Crippen molar-refractivity contribution in [3.8, 4) is 22.5 Å². The molecule has 0 spiro atoms. The van der Waals surface area contributed by atoms with Crippen molar-refractivity contribution in [3.05, 3.63) is 209 Å². The van der Waals surface area contributed by atoms with Gasteiger partial charge in [-0.25, -0.2) is 0 Å². The quantitative estimate of drug-likeness (QED) is 0.164. The van der Waals surface area contributed by atoms with Gasteiger partial charge in [-0.1, -0.05) is 189 Å². The number of anilines is 6. The van der Waals surface area contributed by atoms with E-state index in [1.165, 1.54) is 149 Å². The summed E-state index contributed by atoms with van der Waals surface area (Å²) in [6.45, 7) is 37.5. The molecule has 15 rings (SSSR count). The largest absolute Gasteiger partial charge is 0.311 e. The molecule has 2 aromatic heterocycles. The van der Waals surface area contributed by atoms with E-state index in [9.17, 15) is 0 Å². The first-order chi connectivity index (χ1) is 39.7. The van der Waals surface area contributed by atoms with Crippen LogP contribution in [-0.2, 0) is 27.1 Å². The number of aromatic nitrogens is 2. The van der Waals surface area contributed by atoms with Crippen LogP contribution in [0.3, 0.4) is 0 Å². The molecule has 12 aromatic rings. The smallest absolute Gasteiger partial charge is 0.252 e. The standard InChI is InChI=1S/C79H77BN4/c1-46-36-68-72-69(37-46)84-70-43-52(78(11,12)13)41-61-60-40-51(77(8,9)10)28-35-66(60)83(73(61)70)71-44-53(79(14,15)16)42-63(74(71)84)80(72)62-32-31-55(45-67(62)81(68)54-29-24-48(25-30-54)57-23-19-21-47-20-17-18-22-56(47)57)82-64-33-26-49(75(2,3)4)38-58(64)59-39-50(76(5,6)7)27-34-65(59)82/h17-45H,1-16H3. The van der Waals surface area contributed by atoms with Gasteiger partial charge in [-0.2, -0.15) is 0 Å². The molecule has 0 aliphatic carbocycles. The summed E-state index contributed by atoms with van der Waals surface area (Å²) in [5, 5.41) is 7.73. The van der Waals surface area contributed by atoms with Crippen molar-refractivity contribution in [2.75, 3.05) is 9.80 Å². The highest BCUT2D eigenvalue weighted by Gasteiger charge is 2.47. The van der Waals surface area contributed by atoms with Crippen molar-refractivity contribution in [1.29, 1.82) is 0 Å². The summed E-state index contributed by atoms with van der Waals surface area (Å²) < 4.78 is 5.20.